The van der Waals surface area contributed by atoms with Gasteiger partial charge in [0.2, 0.25) is 5.91 Å². The Morgan fingerprint density at radius 3 is 2.15 bits per heavy atom. The average Bonchev–Trinajstić information content (AvgIpc) is 2.86. The highest BCUT2D eigenvalue weighted by Crippen LogP contribution is 2.26. The molecule has 0 heterocycles. The zero-order chi connectivity index (χ0) is 24.7. The Morgan fingerprint density at radius 2 is 1.62 bits per heavy atom. The summed E-state index contributed by atoms with van der Waals surface area (Å²) >= 11 is 1.53. The highest BCUT2D eigenvalue weighted by Gasteiger charge is 2.28. The first-order valence-electron chi connectivity index (χ1n) is 10.9. The molecule has 0 aliphatic carbocycles. The van der Waals surface area contributed by atoms with Crippen LogP contribution in [0.25, 0.3) is 0 Å². The molecule has 6 nitrogen and oxygen atoms in total. The van der Waals surface area contributed by atoms with E-state index in [1.165, 1.54) is 11.8 Å². The Hall–Kier alpha value is -2.97. The lowest BCUT2D eigenvalue weighted by Crippen LogP contribution is -2.42. The molecule has 0 radical (unpaired) electrons. The van der Waals surface area contributed by atoms with Crippen LogP contribution in [-0.4, -0.2) is 34.2 Å². The number of hydrogen-bond acceptors (Lipinski definition) is 5. The molecule has 8 heteroatoms. The molecule has 34 heavy (non-hydrogen) atoms. The van der Waals surface area contributed by atoms with Gasteiger partial charge < -0.3 is 10.1 Å². The predicted octanol–water partition coefficient (Wildman–Crippen LogP) is 5.19. The molecule has 0 aliphatic rings. The number of amides is 1. The minimum Gasteiger partial charge on any atom is -0.497 e. The largest absolute Gasteiger partial charge is 0.497 e. The van der Waals surface area contributed by atoms with Crippen molar-refractivity contribution in [3.8, 4) is 5.75 Å². The van der Waals surface area contributed by atoms with Crippen LogP contribution in [0.3, 0.4) is 0 Å². The van der Waals surface area contributed by atoms with E-state index in [-0.39, 0.29) is 23.4 Å². The number of methoxy groups -OCH3 is 1. The summed E-state index contributed by atoms with van der Waals surface area (Å²) in [4.78, 5) is 14.2. The number of thioether (sulfide) groups is 1. The number of aryl methyl sites for hydroxylation is 1. The van der Waals surface area contributed by atoms with Crippen LogP contribution in [0.2, 0.25) is 0 Å². The van der Waals surface area contributed by atoms with Gasteiger partial charge in [-0.1, -0.05) is 36.8 Å². The standard InChI is InChI=1S/C26H30N2O4S2/c1-5-25(20-8-12-22(32-3)13-9-20)27-26(29)18-28(21-10-6-19(2)7-11-21)34(30,31)24-16-14-23(33-4)15-17-24/h6-17,25H,5,18H2,1-4H3,(H,27,29)/t25-/m0/s1. The molecule has 3 aromatic rings. The van der Waals surface area contributed by atoms with E-state index in [9.17, 15) is 13.2 Å². The van der Waals surface area contributed by atoms with Crippen molar-refractivity contribution in [2.75, 3.05) is 24.2 Å². The molecule has 180 valence electrons. The van der Waals surface area contributed by atoms with Crippen molar-refractivity contribution in [1.29, 1.82) is 0 Å². The van der Waals surface area contributed by atoms with E-state index in [4.69, 9.17) is 4.74 Å². The molecule has 0 bridgehead atoms. The summed E-state index contributed by atoms with van der Waals surface area (Å²) < 4.78 is 33.5. The van der Waals surface area contributed by atoms with E-state index in [0.717, 1.165) is 26.1 Å². The van der Waals surface area contributed by atoms with Crippen LogP contribution in [0, 0.1) is 6.92 Å². The van der Waals surface area contributed by atoms with E-state index in [2.05, 4.69) is 5.32 Å². The number of carbonyl (C=O) groups is 1. The summed E-state index contributed by atoms with van der Waals surface area (Å²) in [6.45, 7) is 3.57. The van der Waals surface area contributed by atoms with Crippen LogP contribution in [0.4, 0.5) is 5.69 Å². The minimum absolute atomic E-state index is 0.140. The number of anilines is 1. The molecule has 0 saturated carbocycles. The number of nitrogens with zero attached hydrogens (tertiary/aromatic N) is 1. The Kier molecular flexibility index (Phi) is 8.63. The molecule has 0 saturated heterocycles. The fraction of sp³-hybridized carbons (Fsp3) is 0.269. The maximum atomic E-state index is 13.6. The number of carbonyl (C=O) groups excluding carboxylic acids is 1. The van der Waals surface area contributed by atoms with E-state index < -0.39 is 10.0 Å². The fourth-order valence-electron chi connectivity index (χ4n) is 3.53. The van der Waals surface area contributed by atoms with Crippen LogP contribution in [-0.2, 0) is 14.8 Å². The Labute approximate surface area is 206 Å². The van der Waals surface area contributed by atoms with Crippen molar-refractivity contribution >= 4 is 33.4 Å². The van der Waals surface area contributed by atoms with Gasteiger partial charge in [-0.2, -0.15) is 0 Å². The molecule has 3 aromatic carbocycles. The second-order valence-corrected chi connectivity index (χ2v) is 10.6. The van der Waals surface area contributed by atoms with Gasteiger partial charge in [-0.3, -0.25) is 9.10 Å². The molecule has 3 rings (SSSR count). The maximum Gasteiger partial charge on any atom is 0.264 e. The lowest BCUT2D eigenvalue weighted by molar-refractivity contribution is -0.120. The third kappa shape index (κ3) is 6.12. The molecule has 0 aromatic heterocycles. The van der Waals surface area contributed by atoms with E-state index in [1.54, 1.807) is 43.5 Å². The van der Waals surface area contributed by atoms with Crippen LogP contribution >= 0.6 is 11.8 Å². The smallest absolute Gasteiger partial charge is 0.264 e. The van der Waals surface area contributed by atoms with Crippen molar-refractivity contribution in [1.82, 2.24) is 5.32 Å². The maximum absolute atomic E-state index is 13.6. The molecule has 0 aliphatic heterocycles. The topological polar surface area (TPSA) is 75.7 Å². The molecule has 1 N–H and O–H groups in total. The Morgan fingerprint density at radius 1 is 1.00 bits per heavy atom. The van der Waals surface area contributed by atoms with Gasteiger partial charge >= 0.3 is 0 Å². The third-order valence-corrected chi connectivity index (χ3v) is 8.05. The van der Waals surface area contributed by atoms with Crippen molar-refractivity contribution in [3.05, 3.63) is 83.9 Å². The highest BCUT2D eigenvalue weighted by atomic mass is 32.2. The molecule has 0 spiro atoms. The van der Waals surface area contributed by atoms with Gasteiger partial charge in [0.05, 0.1) is 23.7 Å². The first-order chi connectivity index (χ1) is 16.3. The molecule has 0 fully saturated rings. The molecular formula is C26H30N2O4S2. The Bertz CT molecular complexity index is 1190. The lowest BCUT2D eigenvalue weighted by Gasteiger charge is -2.26. The first kappa shape index (κ1) is 25.6. The van der Waals surface area contributed by atoms with Crippen LogP contribution in [0.1, 0.15) is 30.5 Å². The van der Waals surface area contributed by atoms with E-state index >= 15 is 0 Å². The summed E-state index contributed by atoms with van der Waals surface area (Å²) in [5.41, 5.74) is 2.36. The number of benzene rings is 3. The van der Waals surface area contributed by atoms with Crippen LogP contribution in [0.5, 0.6) is 5.75 Å². The first-order valence-corrected chi connectivity index (χ1v) is 13.6. The van der Waals surface area contributed by atoms with Crippen molar-refractivity contribution in [3.63, 3.8) is 0 Å². The second kappa shape index (κ2) is 11.4. The van der Waals surface area contributed by atoms with Gasteiger partial charge in [0, 0.05) is 4.90 Å². The number of hydrogen-bond donors (Lipinski definition) is 1. The van der Waals surface area contributed by atoms with Gasteiger partial charge in [0.25, 0.3) is 10.0 Å². The monoisotopic (exact) mass is 498 g/mol. The van der Waals surface area contributed by atoms with Crippen LogP contribution < -0.4 is 14.4 Å². The van der Waals surface area contributed by atoms with Gasteiger partial charge in [0.1, 0.15) is 12.3 Å². The summed E-state index contributed by atoms with van der Waals surface area (Å²) in [6.07, 6.45) is 2.59. The third-order valence-electron chi connectivity index (χ3n) is 5.52. The molecule has 1 atom stereocenters. The zero-order valence-electron chi connectivity index (χ0n) is 19.8. The second-order valence-electron chi connectivity index (χ2n) is 7.82. The van der Waals surface area contributed by atoms with Gasteiger partial charge in [0.15, 0.2) is 0 Å². The molecule has 0 unspecified atom stereocenters. The summed E-state index contributed by atoms with van der Waals surface area (Å²) in [5, 5.41) is 2.98. The Balaban J connectivity index is 1.88. The normalized spacial score (nSPS) is 12.1. The summed E-state index contributed by atoms with van der Waals surface area (Å²) in [5.74, 6) is 0.349. The van der Waals surface area contributed by atoms with Crippen molar-refractivity contribution in [2.45, 2.75) is 36.1 Å². The summed E-state index contributed by atoms with van der Waals surface area (Å²) in [6, 6.07) is 21.0. The van der Waals surface area contributed by atoms with Crippen LogP contribution in [0.15, 0.2) is 82.6 Å². The average molecular weight is 499 g/mol. The predicted molar refractivity (Wildman–Crippen MR) is 138 cm³/mol. The number of nitrogens with one attached hydrogen (secondary N) is 1. The van der Waals surface area contributed by atoms with E-state index in [1.807, 2.05) is 56.5 Å². The highest BCUT2D eigenvalue weighted by molar-refractivity contribution is 7.98. The number of sulfonamides is 1. The quantitative estimate of drug-likeness (QED) is 0.390. The number of ether oxygens (including phenoxy) is 1. The van der Waals surface area contributed by atoms with Gasteiger partial charge in [-0.15, -0.1) is 11.8 Å². The van der Waals surface area contributed by atoms with Gasteiger partial charge in [-0.25, -0.2) is 8.42 Å². The SMILES string of the molecule is CC[C@H](NC(=O)CN(c1ccc(C)cc1)S(=O)(=O)c1ccc(SC)cc1)c1ccc(OC)cc1. The zero-order valence-corrected chi connectivity index (χ0v) is 21.4. The van der Waals surface area contributed by atoms with Crippen molar-refractivity contribution < 1.29 is 17.9 Å². The summed E-state index contributed by atoms with van der Waals surface area (Å²) in [7, 11) is -2.36. The van der Waals surface area contributed by atoms with Crippen molar-refractivity contribution in [2.24, 2.45) is 0 Å². The lowest BCUT2D eigenvalue weighted by atomic mass is 10.0. The van der Waals surface area contributed by atoms with Gasteiger partial charge in [-0.05, 0) is 73.7 Å². The van der Waals surface area contributed by atoms with E-state index in [0.29, 0.717) is 12.1 Å². The molecule has 1 amide bonds. The minimum atomic E-state index is -3.96. The fourth-order valence-corrected chi connectivity index (χ4v) is 5.36. The number of rotatable bonds is 10. The molecular weight excluding hydrogens is 468 g/mol.